The average molecular weight is 303 g/mol. The molecule has 118 valence electrons. The highest BCUT2D eigenvalue weighted by Crippen LogP contribution is 2.50. The maximum atomic E-state index is 11.5. The number of hydrogen-bond donors (Lipinski definition) is 0. The number of aromatic nitrogens is 4. The van der Waals surface area contributed by atoms with E-state index < -0.39 is 0 Å². The number of hydrogen-bond acceptors (Lipinski definition) is 6. The van der Waals surface area contributed by atoms with E-state index in [0.29, 0.717) is 17.1 Å². The Bertz CT molecular complexity index is 707. The van der Waals surface area contributed by atoms with E-state index in [1.165, 1.54) is 26.3 Å². The Morgan fingerprint density at radius 3 is 2.86 bits per heavy atom. The third kappa shape index (κ3) is 2.40. The lowest BCUT2D eigenvalue weighted by atomic mass is 9.99. The molecule has 0 aromatic carbocycles. The molecule has 1 fully saturated rings. The van der Waals surface area contributed by atoms with E-state index in [4.69, 9.17) is 0 Å². The zero-order valence-electron chi connectivity index (χ0n) is 13.4. The predicted octanol–water partition coefficient (Wildman–Crippen LogP) is 1.62. The minimum atomic E-state index is -0.350. The minimum Gasteiger partial charge on any atom is -0.468 e. The number of carbonyl (C=O) groups is 1. The molecule has 1 aliphatic rings. The number of rotatable bonds is 5. The first-order chi connectivity index (χ1) is 10.5. The summed E-state index contributed by atoms with van der Waals surface area (Å²) >= 11 is 0. The number of fused-ring (bicyclic) bond motifs is 1. The van der Waals surface area contributed by atoms with Crippen molar-refractivity contribution in [2.45, 2.75) is 39.3 Å². The van der Waals surface area contributed by atoms with Gasteiger partial charge in [-0.2, -0.15) is 5.10 Å². The van der Waals surface area contributed by atoms with Gasteiger partial charge in [0.25, 0.3) is 0 Å². The van der Waals surface area contributed by atoms with E-state index in [1.54, 1.807) is 10.9 Å². The first kappa shape index (κ1) is 14.7. The van der Waals surface area contributed by atoms with Gasteiger partial charge in [-0.3, -0.25) is 4.79 Å². The molecule has 2 aromatic rings. The van der Waals surface area contributed by atoms with E-state index in [9.17, 15) is 4.79 Å². The second-order valence-electron chi connectivity index (χ2n) is 6.25. The lowest BCUT2D eigenvalue weighted by molar-refractivity contribution is -0.141. The van der Waals surface area contributed by atoms with Crippen molar-refractivity contribution in [2.75, 3.05) is 19.1 Å². The molecule has 1 aliphatic carbocycles. The molecule has 2 aromatic heterocycles. The summed E-state index contributed by atoms with van der Waals surface area (Å²) in [7, 11) is 3.41. The van der Waals surface area contributed by atoms with E-state index in [-0.39, 0.29) is 12.5 Å². The lowest BCUT2D eigenvalue weighted by Crippen LogP contribution is -2.36. The summed E-state index contributed by atoms with van der Waals surface area (Å²) in [5.41, 5.74) is 1.00. The average Bonchev–Trinajstić information content (AvgIpc) is 3.15. The van der Waals surface area contributed by atoms with Crippen molar-refractivity contribution in [3.8, 4) is 0 Å². The summed E-state index contributed by atoms with van der Waals surface area (Å²) in [5, 5.41) is 5.10. The molecule has 0 unspecified atom stereocenters. The van der Waals surface area contributed by atoms with Crippen LogP contribution < -0.4 is 4.90 Å². The molecule has 2 heterocycles. The fourth-order valence-corrected chi connectivity index (χ4v) is 2.73. The van der Waals surface area contributed by atoms with E-state index in [2.05, 4.69) is 38.6 Å². The van der Waals surface area contributed by atoms with Crippen LogP contribution in [-0.4, -0.2) is 45.9 Å². The summed E-state index contributed by atoms with van der Waals surface area (Å²) in [6, 6.07) is 0.384. The van der Waals surface area contributed by atoms with Gasteiger partial charge in [-0.1, -0.05) is 6.92 Å². The van der Waals surface area contributed by atoms with Crippen LogP contribution in [0.2, 0.25) is 0 Å². The molecule has 0 spiro atoms. The van der Waals surface area contributed by atoms with Crippen LogP contribution in [-0.2, 0) is 16.1 Å². The Hall–Kier alpha value is -2.18. The lowest BCUT2D eigenvalue weighted by Gasteiger charge is -2.31. The molecule has 0 radical (unpaired) electrons. The fourth-order valence-electron chi connectivity index (χ4n) is 2.73. The van der Waals surface area contributed by atoms with E-state index >= 15 is 0 Å². The highest BCUT2D eigenvalue weighted by molar-refractivity contribution is 5.87. The normalized spacial score (nSPS) is 17.3. The molecule has 1 saturated carbocycles. The predicted molar refractivity (Wildman–Crippen MR) is 82.5 cm³/mol. The quantitative estimate of drug-likeness (QED) is 0.782. The van der Waals surface area contributed by atoms with E-state index in [1.807, 2.05) is 7.05 Å². The molecule has 22 heavy (non-hydrogen) atoms. The van der Waals surface area contributed by atoms with Crippen LogP contribution in [0.4, 0.5) is 5.82 Å². The van der Waals surface area contributed by atoms with Crippen molar-refractivity contribution in [2.24, 2.45) is 5.41 Å². The molecule has 1 atom stereocenters. The van der Waals surface area contributed by atoms with Gasteiger partial charge >= 0.3 is 5.97 Å². The van der Waals surface area contributed by atoms with Crippen LogP contribution in [0.1, 0.15) is 26.7 Å². The van der Waals surface area contributed by atoms with Crippen molar-refractivity contribution in [3.05, 3.63) is 12.5 Å². The monoisotopic (exact) mass is 303 g/mol. The maximum absolute atomic E-state index is 11.5. The summed E-state index contributed by atoms with van der Waals surface area (Å²) in [4.78, 5) is 22.3. The highest BCUT2D eigenvalue weighted by Gasteiger charge is 2.44. The van der Waals surface area contributed by atoms with E-state index in [0.717, 1.165) is 11.2 Å². The van der Waals surface area contributed by atoms with Crippen LogP contribution in [0.3, 0.4) is 0 Å². The topological polar surface area (TPSA) is 73.1 Å². The molecular weight excluding hydrogens is 282 g/mol. The van der Waals surface area contributed by atoms with Crippen molar-refractivity contribution in [1.29, 1.82) is 0 Å². The third-order valence-corrected chi connectivity index (χ3v) is 4.88. The molecule has 0 amide bonds. The fraction of sp³-hybridized carbons (Fsp3) is 0.600. The Kier molecular flexibility index (Phi) is 3.50. The van der Waals surface area contributed by atoms with Gasteiger partial charge in [0, 0.05) is 13.1 Å². The Morgan fingerprint density at radius 2 is 2.23 bits per heavy atom. The van der Waals surface area contributed by atoms with Crippen LogP contribution in [0.25, 0.3) is 11.0 Å². The zero-order chi connectivity index (χ0) is 15.9. The SMILES string of the molecule is COC(=O)Cn1ncc2c(N(C)[C@H](C)C3(C)CC3)ncnc21. The number of nitrogens with zero attached hydrogens (tertiary/aromatic N) is 5. The van der Waals surface area contributed by atoms with Crippen LogP contribution >= 0.6 is 0 Å². The third-order valence-electron chi connectivity index (χ3n) is 4.88. The van der Waals surface area contributed by atoms with Crippen LogP contribution in [0.15, 0.2) is 12.5 Å². The van der Waals surface area contributed by atoms with Gasteiger partial charge in [0.2, 0.25) is 0 Å². The summed E-state index contributed by atoms with van der Waals surface area (Å²) < 4.78 is 6.23. The van der Waals surface area contributed by atoms with Gasteiger partial charge in [-0.05, 0) is 25.2 Å². The molecule has 0 saturated heterocycles. The van der Waals surface area contributed by atoms with Gasteiger partial charge in [0.15, 0.2) is 5.65 Å². The van der Waals surface area contributed by atoms with Gasteiger partial charge in [-0.25, -0.2) is 14.6 Å². The molecular formula is C15H21N5O2. The van der Waals surface area contributed by atoms with Crippen molar-refractivity contribution in [1.82, 2.24) is 19.7 Å². The van der Waals surface area contributed by atoms with Gasteiger partial charge in [0.1, 0.15) is 18.7 Å². The maximum Gasteiger partial charge on any atom is 0.327 e. The molecule has 0 N–H and O–H groups in total. The molecule has 0 aliphatic heterocycles. The highest BCUT2D eigenvalue weighted by atomic mass is 16.5. The number of anilines is 1. The molecule has 7 nitrogen and oxygen atoms in total. The van der Waals surface area contributed by atoms with Crippen molar-refractivity contribution < 1.29 is 9.53 Å². The Labute approximate surface area is 129 Å². The second kappa shape index (κ2) is 5.23. The Morgan fingerprint density at radius 1 is 1.50 bits per heavy atom. The van der Waals surface area contributed by atoms with Gasteiger partial charge < -0.3 is 9.64 Å². The number of carbonyl (C=O) groups excluding carboxylic acids is 1. The number of methoxy groups -OCH3 is 1. The van der Waals surface area contributed by atoms with Crippen LogP contribution in [0, 0.1) is 5.41 Å². The molecule has 7 heteroatoms. The molecule has 0 bridgehead atoms. The van der Waals surface area contributed by atoms with Crippen LogP contribution in [0.5, 0.6) is 0 Å². The zero-order valence-corrected chi connectivity index (χ0v) is 13.4. The first-order valence-electron chi connectivity index (χ1n) is 7.42. The smallest absolute Gasteiger partial charge is 0.327 e. The number of ether oxygens (including phenoxy) is 1. The summed E-state index contributed by atoms with van der Waals surface area (Å²) in [6.07, 6.45) is 5.72. The summed E-state index contributed by atoms with van der Waals surface area (Å²) in [6.45, 7) is 4.57. The largest absolute Gasteiger partial charge is 0.468 e. The standard InChI is InChI=1S/C15H21N5O2/c1-10(15(2)5-6-15)19(3)13-11-7-18-20(8-12(21)22-4)14(11)17-9-16-13/h7,9-10H,5-6,8H2,1-4H3/t10-/m1/s1. The number of esters is 1. The molecule has 3 rings (SSSR count). The minimum absolute atomic E-state index is 0.0490. The van der Waals surface area contributed by atoms with Crippen molar-refractivity contribution >= 4 is 22.8 Å². The van der Waals surface area contributed by atoms with Gasteiger partial charge in [-0.15, -0.1) is 0 Å². The second-order valence-corrected chi connectivity index (χ2v) is 6.25. The summed E-state index contributed by atoms with van der Waals surface area (Å²) in [5.74, 6) is 0.499. The van der Waals surface area contributed by atoms with Crippen molar-refractivity contribution in [3.63, 3.8) is 0 Å². The van der Waals surface area contributed by atoms with Gasteiger partial charge in [0.05, 0.1) is 18.7 Å². The Balaban J connectivity index is 1.95. The first-order valence-corrected chi connectivity index (χ1v) is 7.42.